The van der Waals surface area contributed by atoms with Gasteiger partial charge in [0.2, 0.25) is 0 Å². The minimum Gasteiger partial charge on any atom is -0.398 e. The van der Waals surface area contributed by atoms with Crippen molar-refractivity contribution in [2.45, 2.75) is 19.9 Å². The van der Waals surface area contributed by atoms with Crippen molar-refractivity contribution in [1.29, 1.82) is 0 Å². The molecule has 0 fully saturated rings. The van der Waals surface area contributed by atoms with Crippen LogP contribution in [0.4, 0.5) is 10.1 Å². The summed E-state index contributed by atoms with van der Waals surface area (Å²) in [6, 6.07) is 11.4. The van der Waals surface area contributed by atoms with E-state index in [4.69, 9.17) is 5.73 Å². The van der Waals surface area contributed by atoms with Crippen molar-refractivity contribution in [3.63, 3.8) is 0 Å². The van der Waals surface area contributed by atoms with Gasteiger partial charge in [0.1, 0.15) is 5.82 Å². The highest BCUT2D eigenvalue weighted by atomic mass is 19.1. The maximum Gasteiger partial charge on any atom is 0.253 e. The number of amides is 1. The van der Waals surface area contributed by atoms with E-state index in [1.165, 1.54) is 12.1 Å². The Labute approximate surface area is 117 Å². The lowest BCUT2D eigenvalue weighted by Gasteiger charge is -2.17. The summed E-state index contributed by atoms with van der Waals surface area (Å²) in [6.07, 6.45) is 0. The van der Waals surface area contributed by atoms with Crippen LogP contribution in [0.15, 0.2) is 42.5 Å². The molecule has 104 valence electrons. The predicted molar refractivity (Wildman–Crippen MR) is 77.9 cm³/mol. The van der Waals surface area contributed by atoms with Crippen molar-refractivity contribution in [3.8, 4) is 0 Å². The van der Waals surface area contributed by atoms with Crippen LogP contribution in [0.3, 0.4) is 0 Å². The van der Waals surface area contributed by atoms with E-state index in [0.29, 0.717) is 0 Å². The molecule has 2 aromatic rings. The van der Waals surface area contributed by atoms with Crippen molar-refractivity contribution in [2.24, 2.45) is 0 Å². The third-order valence-corrected chi connectivity index (χ3v) is 3.26. The van der Waals surface area contributed by atoms with E-state index in [2.05, 4.69) is 5.32 Å². The number of carbonyl (C=O) groups excluding carboxylic acids is 1. The zero-order valence-corrected chi connectivity index (χ0v) is 11.5. The van der Waals surface area contributed by atoms with Crippen molar-refractivity contribution in [2.75, 3.05) is 5.73 Å². The van der Waals surface area contributed by atoms with Crippen molar-refractivity contribution < 1.29 is 9.18 Å². The molecule has 0 saturated heterocycles. The van der Waals surface area contributed by atoms with Crippen molar-refractivity contribution >= 4 is 11.6 Å². The second kappa shape index (κ2) is 5.74. The number of aryl methyl sites for hydroxylation is 1. The Morgan fingerprint density at radius 2 is 1.95 bits per heavy atom. The molecule has 0 aliphatic carbocycles. The Morgan fingerprint density at radius 3 is 2.65 bits per heavy atom. The van der Waals surface area contributed by atoms with Gasteiger partial charge in [-0.2, -0.15) is 0 Å². The number of anilines is 1. The van der Waals surface area contributed by atoms with Crippen LogP contribution in [0.2, 0.25) is 0 Å². The molecular formula is C16H17FN2O. The first-order valence-electron chi connectivity index (χ1n) is 6.40. The molecule has 0 radical (unpaired) electrons. The number of halogens is 1. The number of hydrogen-bond donors (Lipinski definition) is 2. The molecule has 0 spiro atoms. The van der Waals surface area contributed by atoms with Crippen molar-refractivity contribution in [3.05, 3.63) is 65.0 Å². The number of hydrogen-bond acceptors (Lipinski definition) is 2. The van der Waals surface area contributed by atoms with Gasteiger partial charge in [0.25, 0.3) is 5.91 Å². The minimum atomic E-state index is -0.479. The standard InChI is InChI=1S/C16H17FN2O/c1-10-5-3-4-6-13(10)11(2)19-16(20)14-9-12(17)7-8-15(14)18/h3-9,11H,18H2,1-2H3,(H,19,20)/t11-/m0/s1. The molecule has 0 bridgehead atoms. The van der Waals surface area contributed by atoms with Crippen LogP contribution in [0, 0.1) is 12.7 Å². The van der Waals surface area contributed by atoms with E-state index in [9.17, 15) is 9.18 Å². The SMILES string of the molecule is Cc1ccccc1[C@H](C)NC(=O)c1cc(F)ccc1N. The lowest BCUT2D eigenvalue weighted by Crippen LogP contribution is -2.27. The average molecular weight is 272 g/mol. The Bertz CT molecular complexity index is 640. The number of nitrogen functional groups attached to an aromatic ring is 1. The summed E-state index contributed by atoms with van der Waals surface area (Å²) in [6.45, 7) is 3.87. The Morgan fingerprint density at radius 1 is 1.25 bits per heavy atom. The van der Waals surface area contributed by atoms with E-state index in [1.54, 1.807) is 0 Å². The van der Waals surface area contributed by atoms with E-state index in [1.807, 2.05) is 38.1 Å². The van der Waals surface area contributed by atoms with Gasteiger partial charge in [0.05, 0.1) is 11.6 Å². The van der Waals surface area contributed by atoms with Crippen LogP contribution < -0.4 is 11.1 Å². The molecule has 1 amide bonds. The highest BCUT2D eigenvalue weighted by Crippen LogP contribution is 2.19. The molecule has 4 heteroatoms. The molecule has 2 aromatic carbocycles. The molecule has 0 aliphatic rings. The smallest absolute Gasteiger partial charge is 0.253 e. The lowest BCUT2D eigenvalue weighted by molar-refractivity contribution is 0.0940. The number of benzene rings is 2. The molecule has 0 aromatic heterocycles. The van der Waals surface area contributed by atoms with Gasteiger partial charge in [-0.05, 0) is 43.2 Å². The van der Waals surface area contributed by atoms with Crippen LogP contribution in [0.1, 0.15) is 34.5 Å². The second-order valence-corrected chi connectivity index (χ2v) is 4.78. The number of carbonyl (C=O) groups is 1. The van der Waals surface area contributed by atoms with Crippen LogP contribution in [-0.4, -0.2) is 5.91 Å². The van der Waals surface area contributed by atoms with Gasteiger partial charge in [0.15, 0.2) is 0 Å². The van der Waals surface area contributed by atoms with E-state index >= 15 is 0 Å². The van der Waals surface area contributed by atoms with Crippen LogP contribution in [0.5, 0.6) is 0 Å². The molecule has 0 heterocycles. The number of nitrogens with one attached hydrogen (secondary N) is 1. The fraction of sp³-hybridized carbons (Fsp3) is 0.188. The first-order chi connectivity index (χ1) is 9.49. The molecule has 0 aliphatic heterocycles. The third kappa shape index (κ3) is 2.96. The molecule has 0 unspecified atom stereocenters. The fourth-order valence-corrected chi connectivity index (χ4v) is 2.15. The molecule has 1 atom stereocenters. The van der Waals surface area contributed by atoms with Crippen LogP contribution in [-0.2, 0) is 0 Å². The summed E-state index contributed by atoms with van der Waals surface area (Å²) in [7, 11) is 0. The Hall–Kier alpha value is -2.36. The molecular weight excluding hydrogens is 255 g/mol. The molecule has 20 heavy (non-hydrogen) atoms. The highest BCUT2D eigenvalue weighted by molar-refractivity contribution is 5.99. The normalized spacial score (nSPS) is 11.9. The van der Waals surface area contributed by atoms with Crippen LogP contribution >= 0.6 is 0 Å². The van der Waals surface area contributed by atoms with Gasteiger partial charge in [-0.15, -0.1) is 0 Å². The van der Waals surface area contributed by atoms with E-state index in [0.717, 1.165) is 17.2 Å². The first-order valence-corrected chi connectivity index (χ1v) is 6.40. The molecule has 2 rings (SSSR count). The third-order valence-electron chi connectivity index (χ3n) is 3.26. The summed E-state index contributed by atoms with van der Waals surface area (Å²) >= 11 is 0. The largest absolute Gasteiger partial charge is 0.398 e. The van der Waals surface area contributed by atoms with Crippen LogP contribution in [0.25, 0.3) is 0 Å². The molecule has 0 saturated carbocycles. The highest BCUT2D eigenvalue weighted by Gasteiger charge is 2.15. The summed E-state index contributed by atoms with van der Waals surface area (Å²) in [4.78, 5) is 12.2. The van der Waals surface area contributed by atoms with E-state index < -0.39 is 5.82 Å². The zero-order valence-electron chi connectivity index (χ0n) is 11.5. The maximum absolute atomic E-state index is 13.2. The van der Waals surface area contributed by atoms with Gasteiger partial charge in [-0.1, -0.05) is 24.3 Å². The Kier molecular flexibility index (Phi) is 4.03. The van der Waals surface area contributed by atoms with Crippen molar-refractivity contribution in [1.82, 2.24) is 5.32 Å². The number of rotatable bonds is 3. The summed E-state index contributed by atoms with van der Waals surface area (Å²) < 4.78 is 13.2. The van der Waals surface area contributed by atoms with Gasteiger partial charge >= 0.3 is 0 Å². The van der Waals surface area contributed by atoms with Gasteiger partial charge in [-0.25, -0.2) is 4.39 Å². The zero-order chi connectivity index (χ0) is 14.7. The topological polar surface area (TPSA) is 55.1 Å². The summed E-state index contributed by atoms with van der Waals surface area (Å²) in [5.74, 6) is -0.856. The summed E-state index contributed by atoms with van der Waals surface area (Å²) in [5.41, 5.74) is 8.24. The molecule has 3 nitrogen and oxygen atoms in total. The van der Waals surface area contributed by atoms with Gasteiger partial charge in [-0.3, -0.25) is 4.79 Å². The van der Waals surface area contributed by atoms with Gasteiger partial charge in [0, 0.05) is 5.69 Å². The number of nitrogens with two attached hydrogens (primary N) is 1. The fourth-order valence-electron chi connectivity index (χ4n) is 2.15. The summed E-state index contributed by atoms with van der Waals surface area (Å²) in [5, 5.41) is 2.84. The minimum absolute atomic E-state index is 0.158. The average Bonchev–Trinajstić information content (AvgIpc) is 2.41. The van der Waals surface area contributed by atoms with Gasteiger partial charge < -0.3 is 11.1 Å². The quantitative estimate of drug-likeness (QED) is 0.843. The lowest BCUT2D eigenvalue weighted by atomic mass is 10.0. The maximum atomic E-state index is 13.2. The Balaban J connectivity index is 2.20. The predicted octanol–water partition coefficient (Wildman–Crippen LogP) is 3.21. The first kappa shape index (κ1) is 14.1. The monoisotopic (exact) mass is 272 g/mol. The second-order valence-electron chi connectivity index (χ2n) is 4.78. The van der Waals surface area contributed by atoms with E-state index in [-0.39, 0.29) is 23.2 Å². The molecule has 3 N–H and O–H groups in total.